The summed E-state index contributed by atoms with van der Waals surface area (Å²) < 4.78 is 0. The first-order valence-electron chi connectivity index (χ1n) is 6.84. The van der Waals surface area contributed by atoms with Crippen LogP contribution in [0, 0.1) is 0 Å². The Labute approximate surface area is 139 Å². The zero-order chi connectivity index (χ0) is 14.0. The van der Waals surface area contributed by atoms with E-state index in [1.807, 2.05) is 19.0 Å². The molecule has 120 valence electrons. The number of carbonyl (C=O) groups is 1. The van der Waals surface area contributed by atoms with Crippen LogP contribution in [0.15, 0.2) is 24.3 Å². The van der Waals surface area contributed by atoms with Gasteiger partial charge in [-0.05, 0) is 37.5 Å². The number of nitrogens with zero attached hydrogens (tertiary/aromatic N) is 2. The number of nitrogens with two attached hydrogens (primary N) is 1. The number of amides is 1. The molecule has 1 fully saturated rings. The summed E-state index contributed by atoms with van der Waals surface area (Å²) in [7, 11) is 4.05. The van der Waals surface area contributed by atoms with Crippen molar-refractivity contribution in [3.8, 4) is 0 Å². The molecule has 0 spiro atoms. The van der Waals surface area contributed by atoms with Crippen molar-refractivity contribution in [1.29, 1.82) is 0 Å². The molecule has 6 heteroatoms. The van der Waals surface area contributed by atoms with Gasteiger partial charge >= 0.3 is 0 Å². The van der Waals surface area contributed by atoms with E-state index in [2.05, 4.69) is 29.2 Å². The van der Waals surface area contributed by atoms with Crippen LogP contribution in [0.25, 0.3) is 0 Å². The van der Waals surface area contributed by atoms with Crippen molar-refractivity contribution in [2.45, 2.75) is 31.8 Å². The van der Waals surface area contributed by atoms with Crippen LogP contribution in [0.3, 0.4) is 0 Å². The van der Waals surface area contributed by atoms with E-state index in [0.29, 0.717) is 0 Å². The summed E-state index contributed by atoms with van der Waals surface area (Å²) in [6, 6.07) is 8.16. The summed E-state index contributed by atoms with van der Waals surface area (Å²) in [4.78, 5) is 16.1. The highest BCUT2D eigenvalue weighted by molar-refractivity contribution is 5.85. The van der Waals surface area contributed by atoms with Gasteiger partial charge in [0, 0.05) is 26.3 Å². The summed E-state index contributed by atoms with van der Waals surface area (Å²) >= 11 is 0. The minimum atomic E-state index is -0.419. The Morgan fingerprint density at radius 1 is 1.38 bits per heavy atom. The molecule has 1 aliphatic heterocycles. The van der Waals surface area contributed by atoms with Crippen LogP contribution in [0.4, 0.5) is 5.69 Å². The molecular formula is C15H25Cl2N3O. The van der Waals surface area contributed by atoms with Crippen LogP contribution in [-0.4, -0.2) is 37.5 Å². The molecule has 0 radical (unpaired) electrons. The maximum Gasteiger partial charge on any atom is 0.239 e. The van der Waals surface area contributed by atoms with Gasteiger partial charge in [-0.1, -0.05) is 12.1 Å². The molecule has 1 unspecified atom stereocenters. The van der Waals surface area contributed by atoms with E-state index in [1.165, 1.54) is 5.56 Å². The fourth-order valence-electron chi connectivity index (χ4n) is 2.65. The number of halogens is 2. The monoisotopic (exact) mass is 333 g/mol. The zero-order valence-electron chi connectivity index (χ0n) is 12.8. The van der Waals surface area contributed by atoms with E-state index >= 15 is 0 Å². The highest BCUT2D eigenvalue weighted by Gasteiger charge is 2.31. The Hall–Kier alpha value is -0.970. The third-order valence-electron chi connectivity index (χ3n) is 3.70. The van der Waals surface area contributed by atoms with E-state index < -0.39 is 6.04 Å². The van der Waals surface area contributed by atoms with Crippen molar-refractivity contribution in [2.24, 2.45) is 5.73 Å². The lowest BCUT2D eigenvalue weighted by molar-refractivity contribution is -0.133. The molecule has 2 atom stereocenters. The third kappa shape index (κ3) is 4.50. The van der Waals surface area contributed by atoms with Crippen molar-refractivity contribution in [3.05, 3.63) is 29.8 Å². The number of rotatable bonds is 3. The van der Waals surface area contributed by atoms with Crippen molar-refractivity contribution in [3.63, 3.8) is 0 Å². The first kappa shape index (κ1) is 20.0. The van der Waals surface area contributed by atoms with Crippen LogP contribution in [0.5, 0.6) is 0 Å². The van der Waals surface area contributed by atoms with Gasteiger partial charge in [0.05, 0.1) is 12.1 Å². The summed E-state index contributed by atoms with van der Waals surface area (Å²) in [5, 5.41) is 0. The van der Waals surface area contributed by atoms with E-state index in [9.17, 15) is 4.79 Å². The molecular weight excluding hydrogens is 309 g/mol. The average Bonchev–Trinajstić information content (AvgIpc) is 2.86. The predicted molar refractivity (Wildman–Crippen MR) is 92.6 cm³/mol. The van der Waals surface area contributed by atoms with Crippen LogP contribution < -0.4 is 10.6 Å². The van der Waals surface area contributed by atoms with Crippen molar-refractivity contribution in [1.82, 2.24) is 4.90 Å². The van der Waals surface area contributed by atoms with Gasteiger partial charge in [0.15, 0.2) is 0 Å². The Morgan fingerprint density at radius 2 is 2.05 bits per heavy atom. The van der Waals surface area contributed by atoms with Gasteiger partial charge < -0.3 is 15.5 Å². The van der Waals surface area contributed by atoms with E-state index in [4.69, 9.17) is 5.73 Å². The van der Waals surface area contributed by atoms with Gasteiger partial charge in [0.25, 0.3) is 0 Å². The third-order valence-corrected chi connectivity index (χ3v) is 3.70. The molecule has 1 aliphatic rings. The second kappa shape index (κ2) is 8.47. The zero-order valence-corrected chi connectivity index (χ0v) is 14.4. The fraction of sp³-hybridized carbons (Fsp3) is 0.533. The predicted octanol–water partition coefficient (Wildman–Crippen LogP) is 2.61. The maximum atomic E-state index is 12.1. The summed E-state index contributed by atoms with van der Waals surface area (Å²) in [6.07, 6.45) is 2.07. The molecule has 1 saturated heterocycles. The summed E-state index contributed by atoms with van der Waals surface area (Å²) in [5.41, 5.74) is 8.11. The number of likely N-dealkylation sites (tertiary alicyclic amines) is 1. The van der Waals surface area contributed by atoms with Gasteiger partial charge in [-0.3, -0.25) is 4.79 Å². The number of hydrogen-bond donors (Lipinski definition) is 1. The number of carbonyl (C=O) groups excluding carboxylic acids is 1. The molecule has 0 aromatic heterocycles. The molecule has 0 saturated carbocycles. The summed E-state index contributed by atoms with van der Waals surface area (Å²) in [6.45, 7) is 2.57. The number of hydrogen-bond acceptors (Lipinski definition) is 3. The molecule has 2 N–H and O–H groups in total. The van der Waals surface area contributed by atoms with Crippen molar-refractivity contribution >= 4 is 36.4 Å². The van der Waals surface area contributed by atoms with Gasteiger partial charge in [-0.15, -0.1) is 24.8 Å². The van der Waals surface area contributed by atoms with E-state index in [0.717, 1.165) is 25.1 Å². The van der Waals surface area contributed by atoms with Gasteiger partial charge in [-0.2, -0.15) is 0 Å². The highest BCUT2D eigenvalue weighted by Crippen LogP contribution is 2.33. The average molecular weight is 334 g/mol. The van der Waals surface area contributed by atoms with Crippen LogP contribution in [-0.2, 0) is 4.79 Å². The Bertz CT molecular complexity index is 466. The molecule has 2 rings (SSSR count). The standard InChI is InChI=1S/C15H23N3O.2ClH/c1-11(16)15(19)18-9-5-8-14(18)12-6-4-7-13(10-12)17(2)3;;/h4,6-7,10-11,14H,5,8-9,16H2,1-3H3;2*1H/t11-,14?;;/m1../s1. The molecule has 0 aliphatic carbocycles. The van der Waals surface area contributed by atoms with Crippen LogP contribution in [0.1, 0.15) is 31.4 Å². The molecule has 1 amide bonds. The Balaban J connectivity index is 0.00000200. The second-order valence-electron chi connectivity index (χ2n) is 5.47. The smallest absolute Gasteiger partial charge is 0.239 e. The largest absolute Gasteiger partial charge is 0.378 e. The Kier molecular flexibility index (Phi) is 8.08. The first-order valence-corrected chi connectivity index (χ1v) is 6.84. The number of benzene rings is 1. The molecule has 21 heavy (non-hydrogen) atoms. The normalized spacial score (nSPS) is 18.5. The van der Waals surface area contributed by atoms with Gasteiger partial charge in [0.1, 0.15) is 0 Å². The topological polar surface area (TPSA) is 49.6 Å². The van der Waals surface area contributed by atoms with Gasteiger partial charge in [-0.25, -0.2) is 0 Å². The highest BCUT2D eigenvalue weighted by atomic mass is 35.5. The Morgan fingerprint density at radius 3 is 2.62 bits per heavy atom. The van der Waals surface area contributed by atoms with E-state index in [1.54, 1.807) is 6.92 Å². The lowest BCUT2D eigenvalue weighted by Gasteiger charge is -2.27. The van der Waals surface area contributed by atoms with E-state index in [-0.39, 0.29) is 36.8 Å². The van der Waals surface area contributed by atoms with Crippen molar-refractivity contribution < 1.29 is 4.79 Å². The van der Waals surface area contributed by atoms with Crippen LogP contribution >= 0.6 is 24.8 Å². The fourth-order valence-corrected chi connectivity index (χ4v) is 2.65. The lowest BCUT2D eigenvalue weighted by atomic mass is 10.0. The molecule has 1 heterocycles. The molecule has 1 aromatic carbocycles. The second-order valence-corrected chi connectivity index (χ2v) is 5.47. The molecule has 1 aromatic rings. The SMILES string of the molecule is C[C@@H](N)C(=O)N1CCCC1c1cccc(N(C)C)c1.Cl.Cl. The van der Waals surface area contributed by atoms with Gasteiger partial charge in [0.2, 0.25) is 5.91 Å². The lowest BCUT2D eigenvalue weighted by Crippen LogP contribution is -2.41. The molecule has 0 bridgehead atoms. The minimum absolute atomic E-state index is 0. The minimum Gasteiger partial charge on any atom is -0.378 e. The van der Waals surface area contributed by atoms with Crippen LogP contribution in [0.2, 0.25) is 0 Å². The quantitative estimate of drug-likeness (QED) is 0.924. The maximum absolute atomic E-state index is 12.1. The summed E-state index contributed by atoms with van der Waals surface area (Å²) in [5.74, 6) is 0.0535. The first-order chi connectivity index (χ1) is 9.00. The molecule has 4 nitrogen and oxygen atoms in total. The van der Waals surface area contributed by atoms with Crippen molar-refractivity contribution in [2.75, 3.05) is 25.5 Å². The number of anilines is 1.